The molecule has 2 fully saturated rings. The second-order valence-corrected chi connectivity index (χ2v) is 7.29. The van der Waals surface area contributed by atoms with Crippen LogP contribution in [-0.4, -0.2) is 24.7 Å². The summed E-state index contributed by atoms with van der Waals surface area (Å²) in [4.78, 5) is 1.62. The summed E-state index contributed by atoms with van der Waals surface area (Å²) in [7, 11) is 0. The van der Waals surface area contributed by atoms with E-state index in [1.165, 1.54) is 45.2 Å². The van der Waals surface area contributed by atoms with Crippen LogP contribution in [0, 0.1) is 17.8 Å². The molecule has 1 aliphatic heterocycles. The van der Waals surface area contributed by atoms with Gasteiger partial charge in [0.05, 0.1) is 13.1 Å². The molecule has 2 nitrogen and oxygen atoms in total. The van der Waals surface area contributed by atoms with Crippen molar-refractivity contribution in [3.8, 4) is 11.8 Å². The Morgan fingerprint density at radius 2 is 1.65 bits per heavy atom. The second kappa shape index (κ2) is 7.99. The fourth-order valence-electron chi connectivity index (χ4n) is 4.23. The number of nitrogens with one attached hydrogen (secondary N) is 1. The largest absolute Gasteiger partial charge is 0.384 e. The summed E-state index contributed by atoms with van der Waals surface area (Å²) in [6, 6.07) is 10.2. The van der Waals surface area contributed by atoms with Crippen LogP contribution in [0.3, 0.4) is 0 Å². The summed E-state index contributed by atoms with van der Waals surface area (Å²) in [5.74, 6) is 7.05. The van der Waals surface area contributed by atoms with Crippen molar-refractivity contribution in [3.63, 3.8) is 0 Å². The van der Waals surface area contributed by atoms with Gasteiger partial charge < -0.3 is 10.0 Å². The molecule has 2 aliphatic rings. The molecule has 0 aromatic heterocycles. The van der Waals surface area contributed by atoms with E-state index in [-0.39, 0.29) is 0 Å². The summed E-state index contributed by atoms with van der Waals surface area (Å²) in [5, 5.41) is 11.4. The molecule has 1 aromatic rings. The molecule has 2 N–H and O–H groups in total. The summed E-state index contributed by atoms with van der Waals surface area (Å²) in [6.45, 7) is 3.47. The second-order valence-electron chi connectivity index (χ2n) is 7.29. The summed E-state index contributed by atoms with van der Waals surface area (Å²) in [5.41, 5.74) is 0.286. The van der Waals surface area contributed by atoms with E-state index >= 15 is 0 Å². The zero-order valence-corrected chi connectivity index (χ0v) is 14.2. The molecule has 0 bridgehead atoms. The zero-order valence-electron chi connectivity index (χ0n) is 14.2. The molecular formula is C21H30NO+. The van der Waals surface area contributed by atoms with Crippen LogP contribution in [0.25, 0.3) is 0 Å². The van der Waals surface area contributed by atoms with Crippen LogP contribution >= 0.6 is 0 Å². The van der Waals surface area contributed by atoms with Crippen LogP contribution in [0.4, 0.5) is 0 Å². The predicted molar refractivity (Wildman–Crippen MR) is 94.1 cm³/mol. The Morgan fingerprint density at radius 1 is 0.957 bits per heavy atom. The highest BCUT2D eigenvalue weighted by molar-refractivity contribution is 5.26. The first-order valence-electron chi connectivity index (χ1n) is 9.36. The van der Waals surface area contributed by atoms with E-state index in [0.29, 0.717) is 12.3 Å². The molecular weight excluding hydrogens is 282 g/mol. The molecule has 1 atom stereocenters. The van der Waals surface area contributed by atoms with Crippen molar-refractivity contribution in [1.82, 2.24) is 0 Å². The number of piperidine rings is 1. The Labute approximate surface area is 140 Å². The smallest absolute Gasteiger partial charge is 0.139 e. The molecule has 0 spiro atoms. The maximum Gasteiger partial charge on any atom is 0.139 e. The monoisotopic (exact) mass is 312 g/mol. The maximum atomic E-state index is 11.4. The van der Waals surface area contributed by atoms with Crippen molar-refractivity contribution in [2.45, 2.75) is 57.0 Å². The molecule has 124 valence electrons. The van der Waals surface area contributed by atoms with E-state index in [9.17, 15) is 5.11 Å². The van der Waals surface area contributed by atoms with Crippen molar-refractivity contribution < 1.29 is 10.0 Å². The highest BCUT2D eigenvalue weighted by Gasteiger charge is 2.39. The molecule has 0 amide bonds. The Kier molecular flexibility index (Phi) is 5.75. The Hall–Kier alpha value is -1.30. The van der Waals surface area contributed by atoms with E-state index in [4.69, 9.17) is 0 Å². The summed E-state index contributed by atoms with van der Waals surface area (Å²) >= 11 is 0. The van der Waals surface area contributed by atoms with Crippen molar-refractivity contribution in [1.29, 1.82) is 0 Å². The van der Waals surface area contributed by atoms with Gasteiger partial charge in [0, 0.05) is 6.42 Å². The number of rotatable bonds is 4. The lowest BCUT2D eigenvalue weighted by molar-refractivity contribution is -0.897. The first-order valence-corrected chi connectivity index (χ1v) is 9.36. The van der Waals surface area contributed by atoms with Crippen LogP contribution in [0.5, 0.6) is 0 Å². The third kappa shape index (κ3) is 4.16. The van der Waals surface area contributed by atoms with E-state index in [1.807, 2.05) is 18.2 Å². The summed E-state index contributed by atoms with van der Waals surface area (Å²) < 4.78 is 0. The number of quaternary nitrogens is 1. The van der Waals surface area contributed by atoms with Crippen molar-refractivity contribution >= 4 is 0 Å². The topological polar surface area (TPSA) is 24.7 Å². The predicted octanol–water partition coefficient (Wildman–Crippen LogP) is 2.53. The lowest BCUT2D eigenvalue weighted by Gasteiger charge is -2.33. The van der Waals surface area contributed by atoms with Gasteiger partial charge in [0.25, 0.3) is 0 Å². The number of benzene rings is 1. The number of likely N-dealkylation sites (tertiary alicyclic amines) is 1. The lowest BCUT2D eigenvalue weighted by atomic mass is 9.78. The average Bonchev–Trinajstić information content (AvgIpc) is 3.15. The van der Waals surface area contributed by atoms with Gasteiger partial charge in [-0.15, -0.1) is 0 Å². The van der Waals surface area contributed by atoms with Gasteiger partial charge >= 0.3 is 0 Å². The van der Waals surface area contributed by atoms with Gasteiger partial charge in [0.1, 0.15) is 12.1 Å². The number of hydrogen-bond donors (Lipinski definition) is 2. The highest BCUT2D eigenvalue weighted by atomic mass is 16.3. The van der Waals surface area contributed by atoms with Crippen LogP contribution in [0.2, 0.25) is 0 Å². The molecule has 1 saturated heterocycles. The van der Waals surface area contributed by atoms with E-state index in [2.05, 4.69) is 24.0 Å². The van der Waals surface area contributed by atoms with Crippen molar-refractivity contribution in [3.05, 3.63) is 35.9 Å². The molecule has 1 heterocycles. The molecule has 1 unspecified atom stereocenters. The van der Waals surface area contributed by atoms with Crippen LogP contribution < -0.4 is 4.90 Å². The number of hydrogen-bond acceptors (Lipinski definition) is 1. The first kappa shape index (κ1) is 16.6. The lowest BCUT2D eigenvalue weighted by Crippen LogP contribution is -3.12. The zero-order chi connectivity index (χ0) is 16.0. The van der Waals surface area contributed by atoms with Gasteiger partial charge in [-0.1, -0.05) is 49.1 Å². The average molecular weight is 312 g/mol. The Bertz CT molecular complexity index is 532. The Balaban J connectivity index is 1.67. The quantitative estimate of drug-likeness (QED) is 0.821. The van der Waals surface area contributed by atoms with E-state index in [0.717, 1.165) is 24.9 Å². The van der Waals surface area contributed by atoms with Gasteiger partial charge in [-0.2, -0.15) is 0 Å². The normalized spacial score (nSPS) is 22.3. The van der Waals surface area contributed by atoms with Crippen LogP contribution in [0.1, 0.15) is 56.9 Å². The van der Waals surface area contributed by atoms with Gasteiger partial charge in [-0.3, -0.25) is 0 Å². The minimum Gasteiger partial charge on any atom is -0.384 e. The first-order chi connectivity index (χ1) is 11.3. The highest BCUT2D eigenvalue weighted by Crippen LogP contribution is 2.42. The molecule has 2 heteroatoms. The van der Waals surface area contributed by atoms with Crippen molar-refractivity contribution in [2.24, 2.45) is 5.92 Å². The van der Waals surface area contributed by atoms with E-state index in [1.54, 1.807) is 4.90 Å². The van der Waals surface area contributed by atoms with Crippen LogP contribution in [-0.2, 0) is 5.60 Å². The van der Waals surface area contributed by atoms with Gasteiger partial charge in [-0.25, -0.2) is 0 Å². The van der Waals surface area contributed by atoms with E-state index < -0.39 is 5.60 Å². The molecule has 3 rings (SSSR count). The maximum absolute atomic E-state index is 11.4. The SMILES string of the molecule is OC(CC#CC[NH+]1CCCCC1)(c1ccccc1)C1CCCC1. The van der Waals surface area contributed by atoms with Gasteiger partial charge in [-0.05, 0) is 49.5 Å². The summed E-state index contributed by atoms with van der Waals surface area (Å²) in [6.07, 6.45) is 9.38. The molecule has 1 saturated carbocycles. The Morgan fingerprint density at radius 3 is 2.35 bits per heavy atom. The minimum atomic E-state index is -0.762. The number of aliphatic hydroxyl groups is 1. The third-order valence-corrected chi connectivity index (χ3v) is 5.69. The van der Waals surface area contributed by atoms with Gasteiger partial charge in [0.2, 0.25) is 0 Å². The van der Waals surface area contributed by atoms with Crippen LogP contribution in [0.15, 0.2) is 30.3 Å². The van der Waals surface area contributed by atoms with Gasteiger partial charge in [0.15, 0.2) is 0 Å². The molecule has 23 heavy (non-hydrogen) atoms. The van der Waals surface area contributed by atoms with Crippen molar-refractivity contribution in [2.75, 3.05) is 19.6 Å². The molecule has 0 radical (unpaired) electrons. The fourth-order valence-corrected chi connectivity index (χ4v) is 4.23. The molecule has 1 aliphatic carbocycles. The molecule has 1 aromatic carbocycles. The third-order valence-electron chi connectivity index (χ3n) is 5.69. The standard InChI is InChI=1S/C21H29NO/c23-21(20-13-5-6-14-20,19-11-3-1-4-12-19)15-7-10-18-22-16-8-2-9-17-22/h1,3-4,11-12,20,23H,2,5-6,8-9,13-18H2/p+1. The minimum absolute atomic E-state index is 0.363. The fraction of sp³-hybridized carbons (Fsp3) is 0.619.